The zero-order chi connectivity index (χ0) is 15.9. The van der Waals surface area contributed by atoms with Crippen LogP contribution in [-0.4, -0.2) is 24.7 Å². The van der Waals surface area contributed by atoms with Crippen molar-refractivity contribution in [1.82, 2.24) is 9.78 Å². The van der Waals surface area contributed by atoms with Gasteiger partial charge >= 0.3 is 0 Å². The molecule has 1 aromatic heterocycles. The monoisotopic (exact) mass is 327 g/mol. The van der Waals surface area contributed by atoms with Crippen molar-refractivity contribution < 1.29 is 17.2 Å². The molecule has 22 heavy (non-hydrogen) atoms. The lowest BCUT2D eigenvalue weighted by molar-refractivity contribution is 0.561. The quantitative estimate of drug-likeness (QED) is 0.869. The summed E-state index contributed by atoms with van der Waals surface area (Å²) >= 11 is 0. The van der Waals surface area contributed by atoms with Crippen LogP contribution in [0, 0.1) is 11.6 Å². The van der Waals surface area contributed by atoms with Crippen LogP contribution in [-0.2, 0) is 23.0 Å². The van der Waals surface area contributed by atoms with E-state index in [1.807, 2.05) is 6.92 Å². The summed E-state index contributed by atoms with van der Waals surface area (Å²) in [5.41, 5.74) is 0.312. The number of sulfonamides is 1. The fraction of sp³-hybridized carbons (Fsp3) is 0.357. The van der Waals surface area contributed by atoms with Gasteiger partial charge < -0.3 is 0 Å². The van der Waals surface area contributed by atoms with Crippen molar-refractivity contribution in [3.8, 4) is 0 Å². The summed E-state index contributed by atoms with van der Waals surface area (Å²) in [6.07, 6.45) is 3.61. The van der Waals surface area contributed by atoms with Gasteiger partial charge in [0.05, 0.1) is 11.9 Å². The highest BCUT2D eigenvalue weighted by Crippen LogP contribution is 2.34. The number of aromatic nitrogens is 2. The van der Waals surface area contributed by atoms with E-state index in [-0.39, 0.29) is 17.1 Å². The number of fused-ring (bicyclic) bond motifs is 1. The van der Waals surface area contributed by atoms with Crippen molar-refractivity contribution in [3.63, 3.8) is 0 Å². The first-order chi connectivity index (χ1) is 10.4. The molecule has 0 saturated carbocycles. The van der Waals surface area contributed by atoms with E-state index in [4.69, 9.17) is 0 Å². The molecule has 0 aliphatic carbocycles. The molecule has 5 nitrogen and oxygen atoms in total. The maximum atomic E-state index is 14.1. The highest BCUT2D eigenvalue weighted by molar-refractivity contribution is 7.92. The Morgan fingerprint density at radius 1 is 1.32 bits per heavy atom. The molecule has 0 saturated heterocycles. The third kappa shape index (κ3) is 2.37. The molecule has 1 aromatic carbocycles. The van der Waals surface area contributed by atoms with Crippen LogP contribution >= 0.6 is 0 Å². The molecule has 118 valence electrons. The van der Waals surface area contributed by atoms with Crippen molar-refractivity contribution in [1.29, 1.82) is 0 Å². The summed E-state index contributed by atoms with van der Waals surface area (Å²) in [6.45, 7) is 2.53. The van der Waals surface area contributed by atoms with Gasteiger partial charge in [-0.1, -0.05) is 0 Å². The number of rotatable bonds is 3. The lowest BCUT2D eigenvalue weighted by Gasteiger charge is -2.30. The van der Waals surface area contributed by atoms with Crippen LogP contribution in [0.2, 0.25) is 0 Å². The number of hydrogen-bond acceptors (Lipinski definition) is 3. The molecule has 0 spiro atoms. The third-order valence-electron chi connectivity index (χ3n) is 3.69. The van der Waals surface area contributed by atoms with Crippen molar-refractivity contribution in [2.75, 3.05) is 10.8 Å². The minimum Gasteiger partial charge on any atom is -0.272 e. The van der Waals surface area contributed by atoms with Gasteiger partial charge in [-0.25, -0.2) is 17.2 Å². The first-order valence-electron chi connectivity index (χ1n) is 6.96. The summed E-state index contributed by atoms with van der Waals surface area (Å²) in [4.78, 5) is 0.00549. The molecule has 1 aliphatic heterocycles. The van der Waals surface area contributed by atoms with E-state index in [0.29, 0.717) is 31.0 Å². The zero-order valence-electron chi connectivity index (χ0n) is 12.0. The lowest BCUT2D eigenvalue weighted by atomic mass is 10.0. The smallest absolute Gasteiger partial charge is 0.267 e. The number of aryl methyl sites for hydroxylation is 2. The Hall–Kier alpha value is -1.96. The fourth-order valence-electron chi connectivity index (χ4n) is 2.63. The molecule has 0 fully saturated rings. The van der Waals surface area contributed by atoms with Crippen molar-refractivity contribution in [2.24, 2.45) is 0 Å². The van der Waals surface area contributed by atoms with E-state index < -0.39 is 21.7 Å². The molecular weight excluding hydrogens is 312 g/mol. The number of anilines is 1. The van der Waals surface area contributed by atoms with Gasteiger partial charge in [0.1, 0.15) is 10.7 Å². The van der Waals surface area contributed by atoms with Crippen LogP contribution < -0.4 is 4.31 Å². The second-order valence-electron chi connectivity index (χ2n) is 5.11. The van der Waals surface area contributed by atoms with Gasteiger partial charge in [-0.05, 0) is 31.4 Å². The Kier molecular flexibility index (Phi) is 3.64. The maximum absolute atomic E-state index is 14.1. The van der Waals surface area contributed by atoms with Crippen molar-refractivity contribution in [2.45, 2.75) is 31.2 Å². The minimum atomic E-state index is -3.91. The first-order valence-corrected chi connectivity index (χ1v) is 8.40. The summed E-state index contributed by atoms with van der Waals surface area (Å²) in [7, 11) is -3.91. The largest absolute Gasteiger partial charge is 0.272 e. The Morgan fingerprint density at radius 2 is 2.09 bits per heavy atom. The number of benzene rings is 1. The maximum Gasteiger partial charge on any atom is 0.267 e. The Labute approximate surface area is 127 Å². The molecule has 3 rings (SSSR count). The molecule has 8 heteroatoms. The summed E-state index contributed by atoms with van der Waals surface area (Å²) in [5, 5.41) is 3.95. The van der Waals surface area contributed by atoms with E-state index in [1.165, 1.54) is 23.1 Å². The van der Waals surface area contributed by atoms with E-state index in [9.17, 15) is 17.2 Å². The van der Waals surface area contributed by atoms with Crippen molar-refractivity contribution >= 4 is 15.7 Å². The minimum absolute atomic E-state index is 0.00549. The van der Waals surface area contributed by atoms with Crippen LogP contribution in [0.1, 0.15) is 18.9 Å². The Balaban J connectivity index is 2.10. The van der Waals surface area contributed by atoms with Crippen LogP contribution in [0.3, 0.4) is 0 Å². The van der Waals surface area contributed by atoms with Gasteiger partial charge in [-0.15, -0.1) is 0 Å². The fourth-order valence-corrected chi connectivity index (χ4v) is 4.14. The zero-order valence-corrected chi connectivity index (χ0v) is 12.8. The van der Waals surface area contributed by atoms with Gasteiger partial charge in [0.25, 0.3) is 10.0 Å². The molecule has 0 atom stereocenters. The van der Waals surface area contributed by atoms with Crippen molar-refractivity contribution in [3.05, 3.63) is 41.7 Å². The van der Waals surface area contributed by atoms with Gasteiger partial charge in [0.2, 0.25) is 0 Å². The van der Waals surface area contributed by atoms with Gasteiger partial charge in [-0.2, -0.15) is 5.10 Å². The molecule has 2 heterocycles. The highest BCUT2D eigenvalue weighted by Gasteiger charge is 2.32. The predicted octanol–water partition coefficient (Wildman–Crippen LogP) is 2.32. The van der Waals surface area contributed by atoms with E-state index in [2.05, 4.69) is 5.10 Å². The van der Waals surface area contributed by atoms with Crippen LogP contribution in [0.5, 0.6) is 0 Å². The predicted molar refractivity (Wildman–Crippen MR) is 77.1 cm³/mol. The average Bonchev–Trinajstić information content (AvgIpc) is 2.96. The molecule has 0 bridgehead atoms. The second-order valence-corrected chi connectivity index (χ2v) is 6.97. The van der Waals surface area contributed by atoms with E-state index in [0.717, 1.165) is 4.31 Å². The molecule has 0 unspecified atom stereocenters. The number of halogens is 2. The SMILES string of the molecule is CCn1cc(S(=O)(=O)N2CCCc3cc(F)cc(F)c32)cn1. The molecular formula is C14H15F2N3O2S. The topological polar surface area (TPSA) is 55.2 Å². The standard InChI is InChI=1S/C14H15F2N3O2S/c1-2-18-9-12(8-17-18)22(20,21)19-5-3-4-10-6-11(15)7-13(16)14(10)19/h6-9H,2-5H2,1H3. The van der Waals surface area contributed by atoms with E-state index >= 15 is 0 Å². The van der Waals surface area contributed by atoms with Crippen LogP contribution in [0.15, 0.2) is 29.4 Å². The molecule has 0 amide bonds. The molecule has 2 aromatic rings. The van der Waals surface area contributed by atoms with Gasteiger partial charge in [0, 0.05) is 25.4 Å². The third-order valence-corrected chi connectivity index (χ3v) is 5.44. The first kappa shape index (κ1) is 15.0. The molecule has 0 radical (unpaired) electrons. The molecule has 0 N–H and O–H groups in total. The summed E-state index contributed by atoms with van der Waals surface area (Å²) in [6, 6.07) is 1.90. The van der Waals surface area contributed by atoms with Gasteiger partial charge in [0.15, 0.2) is 5.82 Å². The number of nitrogens with zero attached hydrogens (tertiary/aromatic N) is 3. The number of hydrogen-bond donors (Lipinski definition) is 0. The van der Waals surface area contributed by atoms with Crippen LogP contribution in [0.4, 0.5) is 14.5 Å². The lowest BCUT2D eigenvalue weighted by Crippen LogP contribution is -2.36. The normalized spacial score (nSPS) is 15.0. The second kappa shape index (κ2) is 5.35. The Bertz CT molecular complexity index is 817. The average molecular weight is 327 g/mol. The van der Waals surface area contributed by atoms with E-state index in [1.54, 1.807) is 0 Å². The summed E-state index contributed by atoms with van der Waals surface area (Å²) < 4.78 is 55.4. The molecule has 1 aliphatic rings. The summed E-state index contributed by atoms with van der Waals surface area (Å²) in [5.74, 6) is -1.56. The van der Waals surface area contributed by atoms with Gasteiger partial charge in [-0.3, -0.25) is 8.99 Å². The Morgan fingerprint density at radius 3 is 2.77 bits per heavy atom. The highest BCUT2D eigenvalue weighted by atomic mass is 32.2. The van der Waals surface area contributed by atoms with Crippen LogP contribution in [0.25, 0.3) is 0 Å².